The van der Waals surface area contributed by atoms with E-state index in [2.05, 4.69) is 4.90 Å². The van der Waals surface area contributed by atoms with Gasteiger partial charge >= 0.3 is 0 Å². The first kappa shape index (κ1) is 14.7. The Kier molecular flexibility index (Phi) is 4.66. The van der Waals surface area contributed by atoms with Gasteiger partial charge in [0.05, 0.1) is 19.8 Å². The molecule has 1 saturated heterocycles. The van der Waals surface area contributed by atoms with Crippen molar-refractivity contribution >= 4 is 0 Å². The summed E-state index contributed by atoms with van der Waals surface area (Å²) in [6.07, 6.45) is 3.02. The van der Waals surface area contributed by atoms with Gasteiger partial charge in [-0.05, 0) is 55.4 Å². The Hall–Kier alpha value is -1.26. The van der Waals surface area contributed by atoms with Crippen LogP contribution < -0.4 is 9.47 Å². The van der Waals surface area contributed by atoms with Crippen LogP contribution in [0, 0.1) is 11.8 Å². The van der Waals surface area contributed by atoms with Gasteiger partial charge in [-0.2, -0.15) is 0 Å². The number of fused-ring (bicyclic) bond motifs is 1. The Labute approximate surface area is 126 Å². The number of likely N-dealkylation sites (tertiary alicyclic amines) is 1. The van der Waals surface area contributed by atoms with Gasteiger partial charge in [-0.15, -0.1) is 0 Å². The zero-order chi connectivity index (χ0) is 14.7. The summed E-state index contributed by atoms with van der Waals surface area (Å²) in [5.41, 5.74) is 0. The molecule has 0 aromatic heterocycles. The molecule has 3 rings (SSSR count). The van der Waals surface area contributed by atoms with Crippen LogP contribution in [0.1, 0.15) is 19.3 Å². The quantitative estimate of drug-likeness (QED) is 0.816. The van der Waals surface area contributed by atoms with Gasteiger partial charge in [0.1, 0.15) is 11.5 Å². The molecule has 4 nitrogen and oxygen atoms in total. The average molecular weight is 291 g/mol. The van der Waals surface area contributed by atoms with Crippen molar-refractivity contribution in [2.24, 2.45) is 11.8 Å². The van der Waals surface area contributed by atoms with Crippen LogP contribution in [-0.2, 0) is 0 Å². The number of nitrogens with zero attached hydrogens (tertiary/aromatic N) is 1. The molecule has 1 aromatic carbocycles. The zero-order valence-electron chi connectivity index (χ0n) is 12.7. The second-order valence-electron chi connectivity index (χ2n) is 6.28. The summed E-state index contributed by atoms with van der Waals surface area (Å²) in [6.45, 7) is 4.16. The minimum absolute atomic E-state index is 0.0412. The van der Waals surface area contributed by atoms with Crippen molar-refractivity contribution in [2.45, 2.75) is 25.4 Å². The van der Waals surface area contributed by atoms with Crippen molar-refractivity contribution in [3.05, 3.63) is 24.3 Å². The number of aliphatic hydroxyl groups excluding tert-OH is 1. The van der Waals surface area contributed by atoms with Crippen molar-refractivity contribution in [2.75, 3.05) is 33.4 Å². The molecule has 0 spiro atoms. The molecular weight excluding hydrogens is 266 g/mol. The van der Waals surface area contributed by atoms with Crippen molar-refractivity contribution in [1.29, 1.82) is 0 Å². The summed E-state index contributed by atoms with van der Waals surface area (Å²) >= 11 is 0. The summed E-state index contributed by atoms with van der Waals surface area (Å²) < 4.78 is 10.9. The van der Waals surface area contributed by atoms with Crippen LogP contribution in [0.15, 0.2) is 24.3 Å². The maximum absolute atomic E-state index is 9.65. The predicted octanol–water partition coefficient (Wildman–Crippen LogP) is 2.17. The van der Waals surface area contributed by atoms with Gasteiger partial charge in [0.2, 0.25) is 0 Å². The van der Waals surface area contributed by atoms with Gasteiger partial charge in [0.15, 0.2) is 0 Å². The number of aliphatic hydroxyl groups is 1. The molecule has 0 bridgehead atoms. The van der Waals surface area contributed by atoms with Gasteiger partial charge < -0.3 is 19.5 Å². The fraction of sp³-hybridized carbons (Fsp3) is 0.647. The standard InChI is InChI=1S/C17H25NO3/c1-20-16-3-5-17(6-4-16)21-8-2-7-18-11-13-9-15(19)10-14(13)12-18/h3-6,13-15,19H,2,7-12H2,1H3/t13-,14+,15?. The van der Waals surface area contributed by atoms with Crippen molar-refractivity contribution in [3.63, 3.8) is 0 Å². The number of ether oxygens (including phenoxy) is 2. The molecule has 1 aliphatic carbocycles. The Morgan fingerprint density at radius 2 is 1.71 bits per heavy atom. The van der Waals surface area contributed by atoms with Crippen LogP contribution >= 0.6 is 0 Å². The maximum Gasteiger partial charge on any atom is 0.119 e. The van der Waals surface area contributed by atoms with E-state index in [1.165, 1.54) is 0 Å². The second-order valence-corrected chi connectivity index (χ2v) is 6.28. The first-order valence-electron chi connectivity index (χ1n) is 7.92. The highest BCUT2D eigenvalue weighted by molar-refractivity contribution is 5.31. The lowest BCUT2D eigenvalue weighted by Gasteiger charge is -2.17. The number of hydrogen-bond acceptors (Lipinski definition) is 4. The molecule has 21 heavy (non-hydrogen) atoms. The Morgan fingerprint density at radius 3 is 2.33 bits per heavy atom. The summed E-state index contributed by atoms with van der Waals surface area (Å²) in [4.78, 5) is 2.53. The van der Waals surface area contributed by atoms with Crippen molar-refractivity contribution in [3.8, 4) is 11.5 Å². The van der Waals surface area contributed by atoms with Crippen LogP contribution in [0.3, 0.4) is 0 Å². The molecule has 4 heteroatoms. The monoisotopic (exact) mass is 291 g/mol. The van der Waals surface area contributed by atoms with E-state index in [-0.39, 0.29) is 6.10 Å². The third-order valence-electron chi connectivity index (χ3n) is 4.75. The topological polar surface area (TPSA) is 41.9 Å². The van der Waals surface area contributed by atoms with Gasteiger partial charge in [-0.3, -0.25) is 0 Å². The Morgan fingerprint density at radius 1 is 1.10 bits per heavy atom. The highest BCUT2D eigenvalue weighted by Gasteiger charge is 2.39. The summed E-state index contributed by atoms with van der Waals surface area (Å²) in [7, 11) is 1.67. The third kappa shape index (κ3) is 3.69. The molecule has 1 unspecified atom stereocenters. The molecule has 1 aliphatic heterocycles. The van der Waals surface area contributed by atoms with Crippen LogP contribution in [0.5, 0.6) is 11.5 Å². The van der Waals surface area contributed by atoms with E-state index in [1.54, 1.807) is 7.11 Å². The fourth-order valence-electron chi connectivity index (χ4n) is 3.70. The minimum Gasteiger partial charge on any atom is -0.497 e. The van der Waals surface area contributed by atoms with Gasteiger partial charge in [-0.25, -0.2) is 0 Å². The highest BCUT2D eigenvalue weighted by Crippen LogP contribution is 2.37. The molecule has 2 aliphatic rings. The zero-order valence-corrected chi connectivity index (χ0v) is 12.7. The molecule has 2 fully saturated rings. The molecule has 1 aromatic rings. The van der Waals surface area contributed by atoms with E-state index in [4.69, 9.17) is 9.47 Å². The molecule has 1 heterocycles. The van der Waals surface area contributed by atoms with Crippen molar-refractivity contribution in [1.82, 2.24) is 4.90 Å². The smallest absolute Gasteiger partial charge is 0.119 e. The summed E-state index contributed by atoms with van der Waals surface area (Å²) in [5.74, 6) is 3.20. The fourth-order valence-corrected chi connectivity index (χ4v) is 3.70. The van der Waals surface area contributed by atoms with Crippen LogP contribution in [0.25, 0.3) is 0 Å². The number of hydrogen-bond donors (Lipinski definition) is 1. The lowest BCUT2D eigenvalue weighted by Crippen LogP contribution is -2.25. The molecule has 1 saturated carbocycles. The van der Waals surface area contributed by atoms with Gasteiger partial charge in [0.25, 0.3) is 0 Å². The van der Waals surface area contributed by atoms with Gasteiger partial charge in [0, 0.05) is 19.6 Å². The average Bonchev–Trinajstić information content (AvgIpc) is 3.01. The SMILES string of the molecule is COc1ccc(OCCCN2C[C@H]3CC(O)C[C@H]3C2)cc1. The first-order valence-corrected chi connectivity index (χ1v) is 7.92. The highest BCUT2D eigenvalue weighted by atomic mass is 16.5. The maximum atomic E-state index is 9.65. The summed E-state index contributed by atoms with van der Waals surface area (Å²) in [5, 5.41) is 9.65. The normalized spacial score (nSPS) is 28.6. The second kappa shape index (κ2) is 6.67. The van der Waals surface area contributed by atoms with E-state index in [1.807, 2.05) is 24.3 Å². The lowest BCUT2D eigenvalue weighted by atomic mass is 10.0. The Balaban J connectivity index is 1.33. The predicted molar refractivity (Wildman–Crippen MR) is 81.8 cm³/mol. The van der Waals surface area contributed by atoms with Gasteiger partial charge in [-0.1, -0.05) is 0 Å². The van der Waals surface area contributed by atoms with Crippen LogP contribution in [0.4, 0.5) is 0 Å². The summed E-state index contributed by atoms with van der Waals surface area (Å²) in [6, 6.07) is 7.73. The minimum atomic E-state index is -0.0412. The number of methoxy groups -OCH3 is 1. The molecular formula is C17H25NO3. The first-order chi connectivity index (χ1) is 10.2. The van der Waals surface area contributed by atoms with Crippen LogP contribution in [0.2, 0.25) is 0 Å². The molecule has 1 N–H and O–H groups in total. The van der Waals surface area contributed by atoms with E-state index in [0.717, 1.165) is 68.8 Å². The van der Waals surface area contributed by atoms with E-state index >= 15 is 0 Å². The molecule has 116 valence electrons. The number of rotatable bonds is 6. The third-order valence-corrected chi connectivity index (χ3v) is 4.75. The van der Waals surface area contributed by atoms with E-state index in [9.17, 15) is 5.11 Å². The van der Waals surface area contributed by atoms with Crippen molar-refractivity contribution < 1.29 is 14.6 Å². The molecule has 0 radical (unpaired) electrons. The molecule has 0 amide bonds. The number of benzene rings is 1. The largest absolute Gasteiger partial charge is 0.497 e. The lowest BCUT2D eigenvalue weighted by molar-refractivity contribution is 0.160. The molecule has 3 atom stereocenters. The van der Waals surface area contributed by atoms with E-state index < -0.39 is 0 Å². The Bertz CT molecular complexity index is 434. The van der Waals surface area contributed by atoms with Crippen LogP contribution in [-0.4, -0.2) is 49.5 Å². The van der Waals surface area contributed by atoms with E-state index in [0.29, 0.717) is 0 Å².